The lowest BCUT2D eigenvalue weighted by Gasteiger charge is -2.13. The summed E-state index contributed by atoms with van der Waals surface area (Å²) in [5, 5.41) is 8.93. The number of methoxy groups -OCH3 is 1. The minimum absolute atomic E-state index is 0.0708. The first-order valence-electron chi connectivity index (χ1n) is 4.30. The van der Waals surface area contributed by atoms with Gasteiger partial charge in [0.25, 0.3) is 0 Å². The molecule has 0 fully saturated rings. The molecule has 0 amide bonds. The molecule has 0 aliphatic rings. The summed E-state index contributed by atoms with van der Waals surface area (Å²) in [6.45, 7) is 1.88. The highest BCUT2D eigenvalue weighted by Gasteiger charge is 2.10. The average molecular weight is 260 g/mol. The maximum absolute atomic E-state index is 8.93. The van der Waals surface area contributed by atoms with Crippen molar-refractivity contribution in [3.05, 3.63) is 27.7 Å². The lowest BCUT2D eigenvalue weighted by atomic mass is 10.1. The van der Waals surface area contributed by atoms with Gasteiger partial charge in [0.15, 0.2) is 0 Å². The molecular weight excluding hydrogens is 246 g/mol. The van der Waals surface area contributed by atoms with E-state index in [9.17, 15) is 0 Å². The molecule has 0 saturated carbocycles. The van der Waals surface area contributed by atoms with Gasteiger partial charge in [-0.15, -0.1) is 0 Å². The summed E-state index contributed by atoms with van der Waals surface area (Å²) in [5.74, 6) is 0.776. The van der Waals surface area contributed by atoms with Gasteiger partial charge in [-0.2, -0.15) is 0 Å². The molecule has 1 aromatic carbocycles. The van der Waals surface area contributed by atoms with E-state index < -0.39 is 0 Å². The summed E-state index contributed by atoms with van der Waals surface area (Å²) < 4.78 is 6.13. The van der Waals surface area contributed by atoms with Crippen molar-refractivity contribution in [3.63, 3.8) is 0 Å². The lowest BCUT2D eigenvalue weighted by Crippen LogP contribution is -2.14. The highest BCUT2D eigenvalue weighted by molar-refractivity contribution is 9.10. The molecule has 1 unspecified atom stereocenters. The summed E-state index contributed by atoms with van der Waals surface area (Å²) in [7, 11) is 1.61. The number of ether oxygens (including phenoxy) is 1. The quantitative estimate of drug-likeness (QED) is 0.870. The highest BCUT2D eigenvalue weighted by Crippen LogP contribution is 2.29. The van der Waals surface area contributed by atoms with Gasteiger partial charge in [-0.05, 0) is 24.6 Å². The number of nitrogens with two attached hydrogens (primary N) is 1. The van der Waals surface area contributed by atoms with Crippen molar-refractivity contribution < 1.29 is 9.84 Å². The molecule has 4 heteroatoms. The van der Waals surface area contributed by atoms with Crippen LogP contribution in [0.25, 0.3) is 0 Å². The molecule has 14 heavy (non-hydrogen) atoms. The first-order valence-corrected chi connectivity index (χ1v) is 5.10. The second kappa shape index (κ2) is 4.77. The minimum Gasteiger partial charge on any atom is -0.496 e. The fraction of sp³-hybridized carbons (Fsp3) is 0.400. The van der Waals surface area contributed by atoms with Gasteiger partial charge in [0.1, 0.15) is 5.75 Å². The topological polar surface area (TPSA) is 55.5 Å². The molecule has 0 spiro atoms. The van der Waals surface area contributed by atoms with Crippen molar-refractivity contribution in [2.45, 2.75) is 13.0 Å². The predicted molar refractivity (Wildman–Crippen MR) is 59.4 cm³/mol. The van der Waals surface area contributed by atoms with Crippen LogP contribution in [0.4, 0.5) is 0 Å². The van der Waals surface area contributed by atoms with Crippen LogP contribution >= 0.6 is 15.9 Å². The van der Waals surface area contributed by atoms with Crippen LogP contribution in [0.3, 0.4) is 0 Å². The van der Waals surface area contributed by atoms with Crippen LogP contribution in [0.15, 0.2) is 16.6 Å². The van der Waals surface area contributed by atoms with Crippen molar-refractivity contribution in [3.8, 4) is 5.75 Å². The van der Waals surface area contributed by atoms with Crippen LogP contribution in [0.1, 0.15) is 17.2 Å². The summed E-state index contributed by atoms with van der Waals surface area (Å²) in [5.41, 5.74) is 7.60. The van der Waals surface area contributed by atoms with Crippen molar-refractivity contribution in [1.29, 1.82) is 0 Å². The second-order valence-electron chi connectivity index (χ2n) is 3.12. The zero-order chi connectivity index (χ0) is 10.7. The van der Waals surface area contributed by atoms with Crippen molar-refractivity contribution in [1.82, 2.24) is 0 Å². The molecule has 78 valence electrons. The Balaban J connectivity index is 3.16. The van der Waals surface area contributed by atoms with Gasteiger partial charge in [-0.3, -0.25) is 0 Å². The van der Waals surface area contributed by atoms with Gasteiger partial charge in [0.2, 0.25) is 0 Å². The number of rotatable bonds is 3. The molecule has 1 aromatic rings. The smallest absolute Gasteiger partial charge is 0.123 e. The maximum atomic E-state index is 8.93. The van der Waals surface area contributed by atoms with E-state index in [1.54, 1.807) is 7.11 Å². The van der Waals surface area contributed by atoms with E-state index in [0.29, 0.717) is 0 Å². The minimum atomic E-state index is -0.360. The molecule has 1 atom stereocenters. The molecule has 0 aliphatic carbocycles. The Morgan fingerprint density at radius 1 is 1.57 bits per heavy atom. The number of aliphatic hydroxyl groups is 1. The average Bonchev–Trinajstić information content (AvgIpc) is 2.20. The van der Waals surface area contributed by atoms with Crippen molar-refractivity contribution >= 4 is 15.9 Å². The fourth-order valence-electron chi connectivity index (χ4n) is 1.21. The summed E-state index contributed by atoms with van der Waals surface area (Å²) in [6, 6.07) is 3.39. The number of hydrogen-bond acceptors (Lipinski definition) is 3. The van der Waals surface area contributed by atoms with E-state index in [-0.39, 0.29) is 12.6 Å². The third-order valence-electron chi connectivity index (χ3n) is 2.16. The first-order chi connectivity index (χ1) is 6.60. The Bertz CT molecular complexity index is 328. The van der Waals surface area contributed by atoms with E-state index >= 15 is 0 Å². The number of benzene rings is 1. The van der Waals surface area contributed by atoms with E-state index in [1.807, 2.05) is 19.1 Å². The lowest BCUT2D eigenvalue weighted by molar-refractivity contribution is 0.267. The van der Waals surface area contributed by atoms with Crippen LogP contribution in [-0.4, -0.2) is 18.8 Å². The Morgan fingerprint density at radius 2 is 2.21 bits per heavy atom. The van der Waals surface area contributed by atoms with Gasteiger partial charge in [0.05, 0.1) is 19.8 Å². The van der Waals surface area contributed by atoms with Crippen LogP contribution in [-0.2, 0) is 0 Å². The standard InChI is InChI=1S/C10H14BrNO2/c1-6-8(11)3-7(9(12)5-13)4-10(6)14-2/h3-4,9,13H,5,12H2,1-2H3. The number of aliphatic hydroxyl groups excluding tert-OH is 1. The first kappa shape index (κ1) is 11.5. The summed E-state index contributed by atoms with van der Waals surface area (Å²) in [4.78, 5) is 0. The normalized spacial score (nSPS) is 12.6. The van der Waals surface area contributed by atoms with E-state index in [2.05, 4.69) is 15.9 Å². The Morgan fingerprint density at radius 3 is 2.71 bits per heavy atom. The van der Waals surface area contributed by atoms with Gasteiger partial charge in [-0.1, -0.05) is 15.9 Å². The molecule has 0 aliphatic heterocycles. The monoisotopic (exact) mass is 259 g/mol. The van der Waals surface area contributed by atoms with Crippen LogP contribution in [0.5, 0.6) is 5.75 Å². The third-order valence-corrected chi connectivity index (χ3v) is 2.99. The van der Waals surface area contributed by atoms with Gasteiger partial charge in [0, 0.05) is 10.0 Å². The largest absolute Gasteiger partial charge is 0.496 e. The van der Waals surface area contributed by atoms with Crippen LogP contribution < -0.4 is 10.5 Å². The maximum Gasteiger partial charge on any atom is 0.123 e. The molecule has 0 saturated heterocycles. The van der Waals surface area contributed by atoms with Crippen LogP contribution in [0, 0.1) is 6.92 Å². The molecular formula is C10H14BrNO2. The summed E-state index contributed by atoms with van der Waals surface area (Å²) in [6.07, 6.45) is 0. The Hall–Kier alpha value is -0.580. The van der Waals surface area contributed by atoms with E-state index in [1.165, 1.54) is 0 Å². The van der Waals surface area contributed by atoms with Gasteiger partial charge >= 0.3 is 0 Å². The molecule has 3 nitrogen and oxygen atoms in total. The molecule has 0 heterocycles. The number of halogens is 1. The molecule has 0 radical (unpaired) electrons. The number of hydrogen-bond donors (Lipinski definition) is 2. The highest BCUT2D eigenvalue weighted by atomic mass is 79.9. The molecule has 0 aromatic heterocycles. The summed E-state index contributed by atoms with van der Waals surface area (Å²) >= 11 is 3.42. The zero-order valence-electron chi connectivity index (χ0n) is 8.25. The van der Waals surface area contributed by atoms with E-state index in [0.717, 1.165) is 21.3 Å². The van der Waals surface area contributed by atoms with Crippen molar-refractivity contribution in [2.24, 2.45) is 5.73 Å². The van der Waals surface area contributed by atoms with Gasteiger partial charge in [-0.25, -0.2) is 0 Å². The second-order valence-corrected chi connectivity index (χ2v) is 3.97. The van der Waals surface area contributed by atoms with Crippen molar-refractivity contribution in [2.75, 3.05) is 13.7 Å². The Kier molecular flexibility index (Phi) is 3.92. The van der Waals surface area contributed by atoms with Gasteiger partial charge < -0.3 is 15.6 Å². The third kappa shape index (κ3) is 2.26. The van der Waals surface area contributed by atoms with E-state index in [4.69, 9.17) is 15.6 Å². The predicted octanol–water partition coefficient (Wildman–Crippen LogP) is 1.76. The molecule has 0 bridgehead atoms. The molecule has 3 N–H and O–H groups in total. The SMILES string of the molecule is COc1cc(C(N)CO)cc(Br)c1C. The Labute approximate surface area is 92.0 Å². The molecule has 1 rings (SSSR count). The van der Waals surface area contributed by atoms with Crippen LogP contribution in [0.2, 0.25) is 0 Å². The fourth-order valence-corrected chi connectivity index (χ4v) is 1.66. The zero-order valence-corrected chi connectivity index (χ0v) is 9.84.